The Labute approximate surface area is 102 Å². The van der Waals surface area contributed by atoms with Gasteiger partial charge in [0.15, 0.2) is 0 Å². The molecule has 0 fully saturated rings. The van der Waals surface area contributed by atoms with Crippen LogP contribution in [0.3, 0.4) is 0 Å². The number of hydrogen-bond donors (Lipinski definition) is 1. The Hall–Kier alpha value is -2.17. The van der Waals surface area contributed by atoms with Crippen LogP contribution in [0.15, 0.2) is 41.0 Å². The second-order valence-corrected chi connectivity index (χ2v) is 3.87. The van der Waals surface area contributed by atoms with Crippen molar-refractivity contribution in [2.75, 3.05) is 0 Å². The van der Waals surface area contributed by atoms with E-state index in [4.69, 9.17) is 4.42 Å². The molecule has 1 aromatic carbocycles. The van der Waals surface area contributed by atoms with E-state index >= 15 is 0 Å². The number of carbonyl (C=O) groups excluding carboxylic acids is 1. The smallest absolute Gasteiger partial charge is 0.252 e. The van der Waals surface area contributed by atoms with Crippen molar-refractivity contribution in [1.82, 2.24) is 5.32 Å². The molecule has 0 aliphatic rings. The van der Waals surface area contributed by atoms with E-state index in [0.29, 0.717) is 11.8 Å². The minimum atomic E-state index is -0.786. The zero-order valence-electron chi connectivity index (χ0n) is 9.61. The van der Waals surface area contributed by atoms with Crippen LogP contribution in [0.1, 0.15) is 29.1 Å². The molecule has 2 aromatic rings. The SMILES string of the molecule is C[C@H](NC(=O)c1cc(F)cc(F)c1)c1ccco1. The van der Waals surface area contributed by atoms with Gasteiger partial charge in [0, 0.05) is 11.6 Å². The van der Waals surface area contributed by atoms with Gasteiger partial charge in [-0.05, 0) is 31.2 Å². The fourth-order valence-electron chi connectivity index (χ4n) is 1.57. The van der Waals surface area contributed by atoms with Gasteiger partial charge in [-0.3, -0.25) is 4.79 Å². The number of nitrogens with one attached hydrogen (secondary N) is 1. The van der Waals surface area contributed by atoms with E-state index in [-0.39, 0.29) is 11.6 Å². The summed E-state index contributed by atoms with van der Waals surface area (Å²) < 4.78 is 31.0. The van der Waals surface area contributed by atoms with Crippen molar-refractivity contribution < 1.29 is 18.0 Å². The Morgan fingerprint density at radius 3 is 2.50 bits per heavy atom. The number of carbonyl (C=O) groups is 1. The zero-order valence-corrected chi connectivity index (χ0v) is 9.61. The molecule has 1 atom stereocenters. The van der Waals surface area contributed by atoms with Crippen LogP contribution in [-0.2, 0) is 0 Å². The topological polar surface area (TPSA) is 42.2 Å². The van der Waals surface area contributed by atoms with Gasteiger partial charge in [0.1, 0.15) is 17.4 Å². The fourth-order valence-corrected chi connectivity index (χ4v) is 1.57. The fraction of sp³-hybridized carbons (Fsp3) is 0.154. The van der Waals surface area contributed by atoms with E-state index in [9.17, 15) is 13.6 Å². The maximum Gasteiger partial charge on any atom is 0.252 e. The van der Waals surface area contributed by atoms with Crippen LogP contribution < -0.4 is 5.32 Å². The van der Waals surface area contributed by atoms with Crippen molar-refractivity contribution in [1.29, 1.82) is 0 Å². The normalized spacial score (nSPS) is 12.2. The summed E-state index contributed by atoms with van der Waals surface area (Å²) >= 11 is 0. The molecule has 1 heterocycles. The van der Waals surface area contributed by atoms with Gasteiger partial charge in [0.2, 0.25) is 0 Å². The van der Waals surface area contributed by atoms with Gasteiger partial charge in [-0.15, -0.1) is 0 Å². The molecule has 1 N–H and O–H groups in total. The van der Waals surface area contributed by atoms with Crippen LogP contribution in [0.5, 0.6) is 0 Å². The summed E-state index contributed by atoms with van der Waals surface area (Å²) in [5.41, 5.74) is -0.0640. The third-order valence-electron chi connectivity index (χ3n) is 2.44. The first-order chi connectivity index (χ1) is 8.56. The standard InChI is InChI=1S/C13H11F2NO2/c1-8(12-3-2-4-18-12)16-13(17)9-5-10(14)7-11(15)6-9/h2-8H,1H3,(H,16,17)/t8-/m0/s1. The summed E-state index contributed by atoms with van der Waals surface area (Å²) in [6.45, 7) is 1.71. The number of furan rings is 1. The van der Waals surface area contributed by atoms with Crippen molar-refractivity contribution in [3.63, 3.8) is 0 Å². The molecule has 94 valence electrons. The lowest BCUT2D eigenvalue weighted by atomic mass is 10.1. The number of benzene rings is 1. The van der Waals surface area contributed by atoms with E-state index in [0.717, 1.165) is 12.1 Å². The van der Waals surface area contributed by atoms with Crippen LogP contribution in [0, 0.1) is 11.6 Å². The van der Waals surface area contributed by atoms with Gasteiger partial charge in [-0.25, -0.2) is 8.78 Å². The Morgan fingerprint density at radius 1 is 1.28 bits per heavy atom. The molecule has 2 rings (SSSR count). The molecule has 0 saturated heterocycles. The zero-order chi connectivity index (χ0) is 13.1. The molecular formula is C13H11F2NO2. The van der Waals surface area contributed by atoms with E-state index in [1.807, 2.05) is 0 Å². The molecule has 0 spiro atoms. The molecule has 0 bridgehead atoms. The predicted octanol–water partition coefficient (Wildman–Crippen LogP) is 3.05. The minimum absolute atomic E-state index is 0.0640. The first-order valence-electron chi connectivity index (χ1n) is 5.36. The molecule has 0 saturated carbocycles. The monoisotopic (exact) mass is 251 g/mol. The first-order valence-corrected chi connectivity index (χ1v) is 5.36. The Kier molecular flexibility index (Phi) is 3.41. The largest absolute Gasteiger partial charge is 0.467 e. The molecule has 3 nitrogen and oxygen atoms in total. The minimum Gasteiger partial charge on any atom is -0.467 e. The van der Waals surface area contributed by atoms with E-state index in [1.54, 1.807) is 19.1 Å². The summed E-state index contributed by atoms with van der Waals surface area (Å²) in [6, 6.07) is 5.70. The highest BCUT2D eigenvalue weighted by Crippen LogP contribution is 2.14. The van der Waals surface area contributed by atoms with E-state index < -0.39 is 17.5 Å². The van der Waals surface area contributed by atoms with Crippen molar-refractivity contribution >= 4 is 5.91 Å². The van der Waals surface area contributed by atoms with Crippen LogP contribution in [0.25, 0.3) is 0 Å². The number of amides is 1. The lowest BCUT2D eigenvalue weighted by Gasteiger charge is -2.11. The van der Waals surface area contributed by atoms with Crippen LogP contribution in [0.4, 0.5) is 8.78 Å². The molecular weight excluding hydrogens is 240 g/mol. The molecule has 0 aliphatic carbocycles. The van der Waals surface area contributed by atoms with Crippen LogP contribution in [-0.4, -0.2) is 5.91 Å². The molecule has 18 heavy (non-hydrogen) atoms. The van der Waals surface area contributed by atoms with E-state index in [2.05, 4.69) is 5.32 Å². The average molecular weight is 251 g/mol. The Balaban J connectivity index is 2.12. The summed E-state index contributed by atoms with van der Waals surface area (Å²) in [4.78, 5) is 11.8. The highest BCUT2D eigenvalue weighted by molar-refractivity contribution is 5.94. The number of hydrogen-bond acceptors (Lipinski definition) is 2. The number of rotatable bonds is 3. The third kappa shape index (κ3) is 2.74. The molecule has 0 aliphatic heterocycles. The molecule has 0 unspecified atom stereocenters. The lowest BCUT2D eigenvalue weighted by Crippen LogP contribution is -2.26. The van der Waals surface area contributed by atoms with Crippen molar-refractivity contribution in [2.24, 2.45) is 0 Å². The first kappa shape index (κ1) is 12.3. The maximum atomic E-state index is 13.0. The highest BCUT2D eigenvalue weighted by atomic mass is 19.1. The van der Waals surface area contributed by atoms with Gasteiger partial charge in [-0.1, -0.05) is 0 Å². The highest BCUT2D eigenvalue weighted by Gasteiger charge is 2.14. The second-order valence-electron chi connectivity index (χ2n) is 3.87. The molecule has 0 radical (unpaired) electrons. The van der Waals surface area contributed by atoms with Gasteiger partial charge in [0.05, 0.1) is 12.3 Å². The summed E-state index contributed by atoms with van der Waals surface area (Å²) in [5, 5.41) is 2.59. The molecule has 1 aromatic heterocycles. The van der Waals surface area contributed by atoms with Crippen LogP contribution in [0.2, 0.25) is 0 Å². The molecule has 1 amide bonds. The van der Waals surface area contributed by atoms with Gasteiger partial charge >= 0.3 is 0 Å². The average Bonchev–Trinajstić information content (AvgIpc) is 2.80. The van der Waals surface area contributed by atoms with Gasteiger partial charge in [-0.2, -0.15) is 0 Å². The number of halogens is 2. The quantitative estimate of drug-likeness (QED) is 0.911. The van der Waals surface area contributed by atoms with Gasteiger partial charge in [0.25, 0.3) is 5.91 Å². The predicted molar refractivity (Wildman–Crippen MR) is 60.9 cm³/mol. The molecule has 5 heteroatoms. The van der Waals surface area contributed by atoms with Gasteiger partial charge < -0.3 is 9.73 Å². The van der Waals surface area contributed by atoms with Crippen molar-refractivity contribution in [2.45, 2.75) is 13.0 Å². The Morgan fingerprint density at radius 2 is 1.94 bits per heavy atom. The van der Waals surface area contributed by atoms with E-state index in [1.165, 1.54) is 6.26 Å². The summed E-state index contributed by atoms with van der Waals surface area (Å²) in [7, 11) is 0. The van der Waals surface area contributed by atoms with Crippen LogP contribution >= 0.6 is 0 Å². The van der Waals surface area contributed by atoms with Crippen molar-refractivity contribution in [3.05, 3.63) is 59.6 Å². The van der Waals surface area contributed by atoms with Crippen molar-refractivity contribution in [3.8, 4) is 0 Å². The third-order valence-corrected chi connectivity index (χ3v) is 2.44. The lowest BCUT2D eigenvalue weighted by molar-refractivity contribution is 0.0934. The second kappa shape index (κ2) is 5.00. The maximum absolute atomic E-state index is 13.0. The summed E-state index contributed by atoms with van der Waals surface area (Å²) in [5.74, 6) is -1.56. The summed E-state index contributed by atoms with van der Waals surface area (Å²) in [6.07, 6.45) is 1.49. The Bertz CT molecular complexity index is 532.